The van der Waals surface area contributed by atoms with Crippen molar-refractivity contribution in [2.45, 2.75) is 13.5 Å². The minimum absolute atomic E-state index is 0.852. The number of rotatable bonds is 4. The van der Waals surface area contributed by atoms with Gasteiger partial charge in [0.25, 0.3) is 0 Å². The predicted molar refractivity (Wildman–Crippen MR) is 90.8 cm³/mol. The van der Waals surface area contributed by atoms with Crippen LogP contribution < -0.4 is 10.2 Å². The number of hydrogen-bond acceptors (Lipinski definition) is 4. The van der Waals surface area contributed by atoms with Crippen molar-refractivity contribution in [2.24, 2.45) is 0 Å². The summed E-state index contributed by atoms with van der Waals surface area (Å²) in [5.41, 5.74) is 4.74. The van der Waals surface area contributed by atoms with Gasteiger partial charge in [0.2, 0.25) is 0 Å². The van der Waals surface area contributed by atoms with Crippen LogP contribution >= 0.6 is 0 Å². The third kappa shape index (κ3) is 3.15. The summed E-state index contributed by atoms with van der Waals surface area (Å²) in [5, 5.41) is 7.79. The van der Waals surface area contributed by atoms with Crippen LogP contribution in [-0.4, -0.2) is 55.0 Å². The average Bonchev–Trinajstić information content (AvgIpc) is 2.90. The van der Waals surface area contributed by atoms with Gasteiger partial charge in [-0.2, -0.15) is 5.10 Å². The van der Waals surface area contributed by atoms with E-state index in [2.05, 4.69) is 64.6 Å². The predicted octanol–water partition coefficient (Wildman–Crippen LogP) is 1.65. The molecule has 0 radical (unpaired) electrons. The second-order valence-electron chi connectivity index (χ2n) is 6.02. The molecule has 118 valence electrons. The molecule has 1 aliphatic rings. The summed E-state index contributed by atoms with van der Waals surface area (Å²) < 4.78 is 1.97. The molecule has 22 heavy (non-hydrogen) atoms. The topological polar surface area (TPSA) is 36.3 Å². The first-order valence-electron chi connectivity index (χ1n) is 7.91. The molecule has 1 saturated heterocycles. The standard InChI is InChI=1S/C17H25N5/c1-14-15(12-18-2)13-22(19-14)17-6-4-16(5-7-17)21-10-8-20(3)9-11-21/h4-7,13,18H,8-12H2,1-3H3. The Labute approximate surface area is 132 Å². The van der Waals surface area contributed by atoms with E-state index in [-0.39, 0.29) is 0 Å². The quantitative estimate of drug-likeness (QED) is 0.931. The van der Waals surface area contributed by atoms with Crippen molar-refractivity contribution in [3.8, 4) is 5.69 Å². The number of anilines is 1. The van der Waals surface area contributed by atoms with Crippen LogP contribution in [0.1, 0.15) is 11.3 Å². The van der Waals surface area contributed by atoms with Gasteiger partial charge in [0, 0.05) is 50.2 Å². The van der Waals surface area contributed by atoms with Gasteiger partial charge in [-0.25, -0.2) is 4.68 Å². The van der Waals surface area contributed by atoms with Crippen LogP contribution in [0, 0.1) is 6.92 Å². The second kappa shape index (κ2) is 6.50. The Morgan fingerprint density at radius 1 is 1.05 bits per heavy atom. The molecule has 1 aliphatic heterocycles. The number of benzene rings is 1. The molecule has 0 unspecified atom stereocenters. The van der Waals surface area contributed by atoms with Gasteiger partial charge in [-0.05, 0) is 45.3 Å². The minimum Gasteiger partial charge on any atom is -0.369 e. The average molecular weight is 299 g/mol. The normalized spacial score (nSPS) is 16.2. The molecule has 0 atom stereocenters. The maximum atomic E-state index is 4.61. The van der Waals surface area contributed by atoms with Crippen molar-refractivity contribution in [3.63, 3.8) is 0 Å². The number of piperazine rings is 1. The van der Waals surface area contributed by atoms with E-state index in [0.717, 1.165) is 44.1 Å². The van der Waals surface area contributed by atoms with Crippen molar-refractivity contribution >= 4 is 5.69 Å². The molecule has 0 saturated carbocycles. The fourth-order valence-corrected chi connectivity index (χ4v) is 2.87. The molecule has 1 aromatic heterocycles. The molecule has 0 bridgehead atoms. The lowest BCUT2D eigenvalue weighted by molar-refractivity contribution is 0.313. The molecule has 3 rings (SSSR count). The van der Waals surface area contributed by atoms with Crippen LogP contribution in [0.2, 0.25) is 0 Å². The summed E-state index contributed by atoms with van der Waals surface area (Å²) in [6.07, 6.45) is 2.11. The maximum Gasteiger partial charge on any atom is 0.0647 e. The number of nitrogens with one attached hydrogen (secondary N) is 1. The van der Waals surface area contributed by atoms with Gasteiger partial charge in [0.15, 0.2) is 0 Å². The highest BCUT2D eigenvalue weighted by molar-refractivity contribution is 5.51. The van der Waals surface area contributed by atoms with E-state index in [9.17, 15) is 0 Å². The van der Waals surface area contributed by atoms with Crippen LogP contribution in [0.15, 0.2) is 30.5 Å². The van der Waals surface area contributed by atoms with Crippen LogP contribution in [0.5, 0.6) is 0 Å². The molecular formula is C17H25N5. The number of likely N-dealkylation sites (N-methyl/N-ethyl adjacent to an activating group) is 1. The Morgan fingerprint density at radius 2 is 1.68 bits per heavy atom. The molecule has 1 N–H and O–H groups in total. The fraction of sp³-hybridized carbons (Fsp3) is 0.471. The number of hydrogen-bond donors (Lipinski definition) is 1. The maximum absolute atomic E-state index is 4.61. The van der Waals surface area contributed by atoms with E-state index in [0.29, 0.717) is 0 Å². The van der Waals surface area contributed by atoms with Gasteiger partial charge in [-0.1, -0.05) is 0 Å². The summed E-state index contributed by atoms with van der Waals surface area (Å²) in [6.45, 7) is 7.38. The molecule has 0 amide bonds. The highest BCUT2D eigenvalue weighted by atomic mass is 15.3. The Hall–Kier alpha value is -1.85. The van der Waals surface area contributed by atoms with Crippen LogP contribution in [0.3, 0.4) is 0 Å². The lowest BCUT2D eigenvalue weighted by Crippen LogP contribution is -2.44. The monoisotopic (exact) mass is 299 g/mol. The molecule has 0 aliphatic carbocycles. The highest BCUT2D eigenvalue weighted by Crippen LogP contribution is 2.19. The zero-order valence-electron chi connectivity index (χ0n) is 13.7. The molecular weight excluding hydrogens is 274 g/mol. The summed E-state index contributed by atoms with van der Waals surface area (Å²) >= 11 is 0. The van der Waals surface area contributed by atoms with E-state index < -0.39 is 0 Å². The van der Waals surface area contributed by atoms with E-state index in [1.807, 2.05) is 11.7 Å². The molecule has 1 fully saturated rings. The Morgan fingerprint density at radius 3 is 2.32 bits per heavy atom. The number of nitrogens with zero attached hydrogens (tertiary/aromatic N) is 4. The van der Waals surface area contributed by atoms with E-state index in [1.54, 1.807) is 0 Å². The lowest BCUT2D eigenvalue weighted by Gasteiger charge is -2.34. The first-order chi connectivity index (χ1) is 10.7. The van der Waals surface area contributed by atoms with Crippen molar-refractivity contribution in [3.05, 3.63) is 41.7 Å². The Kier molecular flexibility index (Phi) is 4.45. The summed E-state index contributed by atoms with van der Waals surface area (Å²) in [5.74, 6) is 0. The number of aromatic nitrogens is 2. The van der Waals surface area contributed by atoms with Gasteiger partial charge in [-0.3, -0.25) is 0 Å². The van der Waals surface area contributed by atoms with Gasteiger partial charge in [0.05, 0.1) is 11.4 Å². The highest BCUT2D eigenvalue weighted by Gasteiger charge is 2.14. The molecule has 0 spiro atoms. The third-order valence-electron chi connectivity index (χ3n) is 4.35. The zero-order valence-corrected chi connectivity index (χ0v) is 13.7. The van der Waals surface area contributed by atoms with Crippen molar-refractivity contribution in [1.82, 2.24) is 20.0 Å². The van der Waals surface area contributed by atoms with Gasteiger partial charge in [0.1, 0.15) is 0 Å². The first kappa shape index (κ1) is 15.1. The summed E-state index contributed by atoms with van der Waals surface area (Å²) in [7, 11) is 4.14. The van der Waals surface area contributed by atoms with Crippen molar-refractivity contribution in [2.75, 3.05) is 45.2 Å². The van der Waals surface area contributed by atoms with Crippen LogP contribution in [-0.2, 0) is 6.54 Å². The van der Waals surface area contributed by atoms with Gasteiger partial charge in [-0.15, -0.1) is 0 Å². The molecule has 5 heteroatoms. The second-order valence-corrected chi connectivity index (χ2v) is 6.02. The summed E-state index contributed by atoms with van der Waals surface area (Å²) in [6, 6.07) is 8.72. The fourth-order valence-electron chi connectivity index (χ4n) is 2.87. The van der Waals surface area contributed by atoms with Crippen LogP contribution in [0.4, 0.5) is 5.69 Å². The van der Waals surface area contributed by atoms with Crippen LogP contribution in [0.25, 0.3) is 5.69 Å². The SMILES string of the molecule is CNCc1cn(-c2ccc(N3CCN(C)CC3)cc2)nc1C. The Bertz CT molecular complexity index is 608. The first-order valence-corrected chi connectivity index (χ1v) is 7.91. The minimum atomic E-state index is 0.852. The van der Waals surface area contributed by atoms with E-state index in [1.165, 1.54) is 11.3 Å². The third-order valence-corrected chi connectivity index (χ3v) is 4.35. The van der Waals surface area contributed by atoms with Gasteiger partial charge < -0.3 is 15.1 Å². The van der Waals surface area contributed by atoms with Crippen molar-refractivity contribution < 1.29 is 0 Å². The molecule has 2 heterocycles. The Balaban J connectivity index is 1.75. The molecule has 2 aromatic rings. The molecule has 1 aromatic carbocycles. The lowest BCUT2D eigenvalue weighted by atomic mass is 10.2. The summed E-state index contributed by atoms with van der Waals surface area (Å²) in [4.78, 5) is 4.82. The zero-order chi connectivity index (χ0) is 15.5. The van der Waals surface area contributed by atoms with E-state index >= 15 is 0 Å². The van der Waals surface area contributed by atoms with Crippen molar-refractivity contribution in [1.29, 1.82) is 0 Å². The molecule has 5 nitrogen and oxygen atoms in total. The largest absolute Gasteiger partial charge is 0.369 e. The van der Waals surface area contributed by atoms with E-state index in [4.69, 9.17) is 0 Å². The van der Waals surface area contributed by atoms with Gasteiger partial charge >= 0.3 is 0 Å². The smallest absolute Gasteiger partial charge is 0.0647 e. The number of aryl methyl sites for hydroxylation is 1.